The topological polar surface area (TPSA) is 54.9 Å². The molecule has 0 aromatic heterocycles. The summed E-state index contributed by atoms with van der Waals surface area (Å²) in [4.78, 5) is 3.99. The molecule has 0 amide bonds. The molecular weight excluding hydrogens is 407 g/mol. The second-order valence-corrected chi connectivity index (χ2v) is 4.19. The summed E-state index contributed by atoms with van der Waals surface area (Å²) < 4.78 is 36.6. The predicted octanol–water partition coefficient (Wildman–Crippen LogP) is 1.91. The first-order valence-electron chi connectivity index (χ1n) is 6.62. The van der Waals surface area contributed by atoms with Crippen LogP contribution in [0.4, 0.5) is 8.78 Å². The third-order valence-electron chi connectivity index (χ3n) is 2.65. The summed E-state index contributed by atoms with van der Waals surface area (Å²) >= 11 is 0. The zero-order valence-corrected chi connectivity index (χ0v) is 15.0. The van der Waals surface area contributed by atoms with Crippen molar-refractivity contribution in [1.82, 2.24) is 10.6 Å². The Balaban J connectivity index is 0.00000441. The highest BCUT2D eigenvalue weighted by atomic mass is 127. The van der Waals surface area contributed by atoms with E-state index in [1.54, 1.807) is 14.2 Å². The summed E-state index contributed by atoms with van der Waals surface area (Å²) in [5, 5.41) is 5.92. The van der Waals surface area contributed by atoms with E-state index in [-0.39, 0.29) is 36.1 Å². The van der Waals surface area contributed by atoms with Gasteiger partial charge >= 0.3 is 0 Å². The fourth-order valence-electron chi connectivity index (χ4n) is 1.56. The molecule has 2 N–H and O–H groups in total. The molecular formula is C14H22F2IN3O2. The molecule has 0 saturated carbocycles. The average Bonchev–Trinajstić information content (AvgIpc) is 2.49. The van der Waals surface area contributed by atoms with Gasteiger partial charge in [-0.05, 0) is 18.2 Å². The second-order valence-electron chi connectivity index (χ2n) is 4.19. The summed E-state index contributed by atoms with van der Waals surface area (Å²) in [5.74, 6) is -0.432. The van der Waals surface area contributed by atoms with Crippen LogP contribution in [0.5, 0.6) is 0 Å². The van der Waals surface area contributed by atoms with E-state index in [2.05, 4.69) is 15.6 Å². The minimum atomic E-state index is -0.470. The van der Waals surface area contributed by atoms with Crippen LogP contribution in [-0.2, 0) is 16.0 Å². The normalized spacial score (nSPS) is 11.0. The van der Waals surface area contributed by atoms with E-state index in [9.17, 15) is 8.78 Å². The van der Waals surface area contributed by atoms with Gasteiger partial charge in [-0.25, -0.2) is 8.78 Å². The van der Waals surface area contributed by atoms with Gasteiger partial charge in [-0.1, -0.05) is 0 Å². The summed E-state index contributed by atoms with van der Waals surface area (Å²) in [7, 11) is 3.21. The SMILES string of the molecule is CN=C(NCCOCCOC)NCc1cc(F)ccc1F.I. The average molecular weight is 429 g/mol. The van der Waals surface area contributed by atoms with Crippen molar-refractivity contribution in [2.45, 2.75) is 6.54 Å². The third kappa shape index (κ3) is 8.44. The summed E-state index contributed by atoms with van der Waals surface area (Å²) in [6, 6.07) is 3.35. The van der Waals surface area contributed by atoms with E-state index in [4.69, 9.17) is 9.47 Å². The van der Waals surface area contributed by atoms with Gasteiger partial charge in [-0.2, -0.15) is 0 Å². The number of rotatable bonds is 8. The molecule has 22 heavy (non-hydrogen) atoms. The highest BCUT2D eigenvalue weighted by molar-refractivity contribution is 14.0. The Kier molecular flexibility index (Phi) is 12.0. The zero-order chi connectivity index (χ0) is 15.5. The van der Waals surface area contributed by atoms with Crippen molar-refractivity contribution < 1.29 is 18.3 Å². The largest absolute Gasteiger partial charge is 0.382 e. The van der Waals surface area contributed by atoms with Crippen LogP contribution in [0.25, 0.3) is 0 Å². The minimum Gasteiger partial charge on any atom is -0.382 e. The van der Waals surface area contributed by atoms with Gasteiger partial charge in [0.15, 0.2) is 5.96 Å². The number of hydrogen-bond acceptors (Lipinski definition) is 3. The monoisotopic (exact) mass is 429 g/mol. The molecule has 0 aliphatic carbocycles. The Morgan fingerprint density at radius 2 is 1.95 bits per heavy atom. The molecule has 0 saturated heterocycles. The second kappa shape index (κ2) is 12.5. The molecule has 0 fully saturated rings. The van der Waals surface area contributed by atoms with Crippen LogP contribution in [0.2, 0.25) is 0 Å². The molecule has 0 unspecified atom stereocenters. The van der Waals surface area contributed by atoms with Crippen molar-refractivity contribution in [1.29, 1.82) is 0 Å². The fraction of sp³-hybridized carbons (Fsp3) is 0.500. The van der Waals surface area contributed by atoms with Crippen LogP contribution in [0, 0.1) is 11.6 Å². The van der Waals surface area contributed by atoms with Crippen LogP contribution in [0.15, 0.2) is 23.2 Å². The van der Waals surface area contributed by atoms with Crippen molar-refractivity contribution in [3.05, 3.63) is 35.4 Å². The summed E-state index contributed by atoms with van der Waals surface area (Å²) in [6.07, 6.45) is 0. The van der Waals surface area contributed by atoms with E-state index < -0.39 is 11.6 Å². The number of nitrogens with zero attached hydrogens (tertiary/aromatic N) is 1. The van der Waals surface area contributed by atoms with Crippen LogP contribution >= 0.6 is 24.0 Å². The summed E-state index contributed by atoms with van der Waals surface area (Å²) in [6.45, 7) is 2.27. The van der Waals surface area contributed by atoms with E-state index in [1.807, 2.05) is 0 Å². The number of guanidine groups is 1. The number of halogens is 3. The molecule has 8 heteroatoms. The van der Waals surface area contributed by atoms with Gasteiger partial charge in [0.05, 0.1) is 19.8 Å². The standard InChI is InChI=1S/C14H21F2N3O2.HI/c1-17-14(18-5-6-21-8-7-20-2)19-10-11-9-12(15)3-4-13(11)16;/h3-4,9H,5-8,10H2,1-2H3,(H2,17,18,19);1H. The Bertz CT molecular complexity index is 462. The number of hydrogen-bond donors (Lipinski definition) is 2. The molecule has 0 aliphatic heterocycles. The molecule has 0 aliphatic rings. The van der Waals surface area contributed by atoms with Crippen LogP contribution < -0.4 is 10.6 Å². The van der Waals surface area contributed by atoms with Gasteiger partial charge in [0, 0.05) is 32.8 Å². The first-order valence-corrected chi connectivity index (χ1v) is 6.62. The Labute approximate surface area is 146 Å². The number of benzene rings is 1. The zero-order valence-electron chi connectivity index (χ0n) is 12.7. The van der Waals surface area contributed by atoms with Gasteiger partial charge in [0.25, 0.3) is 0 Å². The quantitative estimate of drug-likeness (QED) is 0.287. The van der Waals surface area contributed by atoms with E-state index in [1.165, 1.54) is 0 Å². The van der Waals surface area contributed by atoms with Gasteiger partial charge in [0.1, 0.15) is 11.6 Å². The molecule has 1 aromatic carbocycles. The van der Waals surface area contributed by atoms with Crippen molar-refractivity contribution in [3.63, 3.8) is 0 Å². The number of nitrogens with one attached hydrogen (secondary N) is 2. The Hall–Kier alpha value is -1.00. The summed E-state index contributed by atoms with van der Waals surface area (Å²) in [5.41, 5.74) is 0.245. The Morgan fingerprint density at radius 1 is 1.18 bits per heavy atom. The van der Waals surface area contributed by atoms with Crippen molar-refractivity contribution in [2.75, 3.05) is 40.5 Å². The maximum atomic E-state index is 13.5. The van der Waals surface area contributed by atoms with Crippen molar-refractivity contribution in [3.8, 4) is 0 Å². The maximum Gasteiger partial charge on any atom is 0.191 e. The van der Waals surface area contributed by atoms with E-state index >= 15 is 0 Å². The fourth-order valence-corrected chi connectivity index (χ4v) is 1.56. The third-order valence-corrected chi connectivity index (χ3v) is 2.65. The van der Waals surface area contributed by atoms with Crippen LogP contribution in [0.1, 0.15) is 5.56 Å². The first kappa shape index (κ1) is 21.0. The van der Waals surface area contributed by atoms with Gasteiger partial charge in [-0.3, -0.25) is 4.99 Å². The Morgan fingerprint density at radius 3 is 2.64 bits per heavy atom. The van der Waals surface area contributed by atoms with Crippen molar-refractivity contribution >= 4 is 29.9 Å². The molecule has 0 heterocycles. The molecule has 1 aromatic rings. The first-order chi connectivity index (χ1) is 10.2. The lowest BCUT2D eigenvalue weighted by molar-refractivity contribution is 0.0733. The maximum absolute atomic E-state index is 13.5. The lowest BCUT2D eigenvalue weighted by Gasteiger charge is -2.12. The predicted molar refractivity (Wildman–Crippen MR) is 92.7 cm³/mol. The van der Waals surface area contributed by atoms with Gasteiger partial charge in [0.2, 0.25) is 0 Å². The lowest BCUT2D eigenvalue weighted by Crippen LogP contribution is -2.38. The number of methoxy groups -OCH3 is 1. The highest BCUT2D eigenvalue weighted by Crippen LogP contribution is 2.08. The molecule has 1 rings (SSSR count). The van der Waals surface area contributed by atoms with Crippen LogP contribution in [-0.4, -0.2) is 46.5 Å². The molecule has 126 valence electrons. The minimum absolute atomic E-state index is 0. The van der Waals surface area contributed by atoms with Gasteiger partial charge in [-0.15, -0.1) is 24.0 Å². The van der Waals surface area contributed by atoms with E-state index in [0.717, 1.165) is 18.2 Å². The molecule has 0 atom stereocenters. The van der Waals surface area contributed by atoms with Crippen molar-refractivity contribution in [2.24, 2.45) is 4.99 Å². The van der Waals surface area contributed by atoms with E-state index in [0.29, 0.717) is 32.3 Å². The lowest BCUT2D eigenvalue weighted by atomic mass is 10.2. The smallest absolute Gasteiger partial charge is 0.191 e. The molecule has 0 radical (unpaired) electrons. The van der Waals surface area contributed by atoms with Gasteiger partial charge < -0.3 is 20.1 Å². The molecule has 0 bridgehead atoms. The number of ether oxygens (including phenoxy) is 2. The molecule has 5 nitrogen and oxygen atoms in total. The van der Waals surface area contributed by atoms with Crippen LogP contribution in [0.3, 0.4) is 0 Å². The molecule has 0 spiro atoms. The highest BCUT2D eigenvalue weighted by Gasteiger charge is 2.05. The number of aliphatic imine (C=N–C) groups is 1.